The minimum absolute atomic E-state index is 0.0913. The molecule has 0 radical (unpaired) electrons. The van der Waals surface area contributed by atoms with Gasteiger partial charge < -0.3 is 9.64 Å². The second-order valence-electron chi connectivity index (χ2n) is 3.26. The highest BCUT2D eigenvalue weighted by Gasteiger charge is 2.20. The second kappa shape index (κ2) is 10.9. The molecule has 0 spiro atoms. The van der Waals surface area contributed by atoms with Gasteiger partial charge in [0.2, 0.25) is 5.91 Å². The summed E-state index contributed by atoms with van der Waals surface area (Å²) in [4.78, 5) is 23.9. The van der Waals surface area contributed by atoms with E-state index in [-0.39, 0.29) is 31.5 Å². The Labute approximate surface area is 103 Å². The first-order valence-electron chi connectivity index (χ1n) is 5.85. The summed E-state index contributed by atoms with van der Waals surface area (Å²) in [6.45, 7) is 9.47. The number of carbonyl (C=O) groups is 2. The number of nitriles is 1. The summed E-state index contributed by atoms with van der Waals surface area (Å²) < 4.78 is 4.74. The highest BCUT2D eigenvalue weighted by molar-refractivity contribution is 5.83. The van der Waals surface area contributed by atoms with Crippen molar-refractivity contribution in [2.24, 2.45) is 0 Å². The zero-order valence-corrected chi connectivity index (χ0v) is 11.3. The molecule has 0 aliphatic rings. The van der Waals surface area contributed by atoms with Gasteiger partial charge >= 0.3 is 5.97 Å². The average molecular weight is 242 g/mol. The number of rotatable bonds is 5. The van der Waals surface area contributed by atoms with Crippen LogP contribution in [-0.4, -0.2) is 36.0 Å². The van der Waals surface area contributed by atoms with Gasteiger partial charge in [-0.1, -0.05) is 13.8 Å². The van der Waals surface area contributed by atoms with E-state index in [9.17, 15) is 9.59 Å². The largest absolute Gasteiger partial charge is 0.465 e. The quantitative estimate of drug-likeness (QED) is 0.688. The van der Waals surface area contributed by atoms with Gasteiger partial charge in [-0.3, -0.25) is 9.59 Å². The van der Waals surface area contributed by atoms with E-state index in [4.69, 9.17) is 10.00 Å². The van der Waals surface area contributed by atoms with E-state index < -0.39 is 5.97 Å². The van der Waals surface area contributed by atoms with Crippen LogP contribution in [0.4, 0.5) is 0 Å². The predicted octanol–water partition coefficient (Wildman–Crippen LogP) is 1.73. The average Bonchev–Trinajstić information content (AvgIpc) is 2.29. The van der Waals surface area contributed by atoms with Crippen molar-refractivity contribution in [2.45, 2.75) is 47.1 Å². The number of ether oxygens (including phenoxy) is 1. The summed E-state index contributed by atoms with van der Waals surface area (Å²) in [5, 5.41) is 8.39. The topological polar surface area (TPSA) is 70.4 Å². The minimum Gasteiger partial charge on any atom is -0.465 e. The van der Waals surface area contributed by atoms with Gasteiger partial charge in [-0.2, -0.15) is 5.26 Å². The standard InChI is InChI=1S/C10H16N2O3.C2H6/c1-4-15-10(14)7-12(8(2)3)9(13)5-6-11;1-2/h8H,4-5,7H2,1-3H3;1-2H3. The van der Waals surface area contributed by atoms with Gasteiger partial charge in [0.05, 0.1) is 12.7 Å². The third-order valence-corrected chi connectivity index (χ3v) is 1.78. The molecule has 5 nitrogen and oxygen atoms in total. The van der Waals surface area contributed by atoms with Crippen LogP contribution < -0.4 is 0 Å². The summed E-state index contributed by atoms with van der Waals surface area (Å²) in [7, 11) is 0. The monoisotopic (exact) mass is 242 g/mol. The van der Waals surface area contributed by atoms with Crippen LogP contribution in [-0.2, 0) is 14.3 Å². The van der Waals surface area contributed by atoms with E-state index in [1.807, 2.05) is 13.8 Å². The summed E-state index contributed by atoms with van der Waals surface area (Å²) in [6.07, 6.45) is -0.211. The molecule has 0 rings (SSSR count). The first-order valence-corrected chi connectivity index (χ1v) is 5.85. The molecular weight excluding hydrogens is 220 g/mol. The molecule has 0 unspecified atom stereocenters. The maximum Gasteiger partial charge on any atom is 0.325 e. The molecule has 0 saturated heterocycles. The molecule has 0 N–H and O–H groups in total. The van der Waals surface area contributed by atoms with E-state index in [0.29, 0.717) is 0 Å². The van der Waals surface area contributed by atoms with Gasteiger partial charge in [-0.05, 0) is 20.8 Å². The lowest BCUT2D eigenvalue weighted by atomic mass is 10.3. The molecule has 0 atom stereocenters. The molecule has 0 aromatic rings. The van der Waals surface area contributed by atoms with E-state index in [0.717, 1.165) is 0 Å². The smallest absolute Gasteiger partial charge is 0.325 e. The van der Waals surface area contributed by atoms with Crippen LogP contribution in [0.2, 0.25) is 0 Å². The summed E-state index contributed by atoms with van der Waals surface area (Å²) in [5.74, 6) is -0.793. The van der Waals surface area contributed by atoms with Gasteiger partial charge in [0.1, 0.15) is 13.0 Å². The predicted molar refractivity (Wildman–Crippen MR) is 65.1 cm³/mol. The van der Waals surface area contributed by atoms with Gasteiger partial charge in [-0.15, -0.1) is 0 Å². The number of amides is 1. The normalized spacial score (nSPS) is 8.76. The van der Waals surface area contributed by atoms with Crippen molar-refractivity contribution < 1.29 is 14.3 Å². The lowest BCUT2D eigenvalue weighted by Crippen LogP contribution is -2.41. The maximum atomic E-state index is 11.4. The van der Waals surface area contributed by atoms with Crippen molar-refractivity contribution in [2.75, 3.05) is 13.2 Å². The van der Waals surface area contributed by atoms with Crippen LogP contribution >= 0.6 is 0 Å². The van der Waals surface area contributed by atoms with Crippen molar-refractivity contribution in [3.05, 3.63) is 0 Å². The Balaban J connectivity index is 0. The Bertz CT molecular complexity index is 269. The van der Waals surface area contributed by atoms with Gasteiger partial charge in [0.25, 0.3) is 0 Å². The van der Waals surface area contributed by atoms with Crippen LogP contribution in [0, 0.1) is 11.3 Å². The molecule has 0 fully saturated rings. The Kier molecular flexibility index (Phi) is 11.5. The molecule has 17 heavy (non-hydrogen) atoms. The third kappa shape index (κ3) is 8.26. The van der Waals surface area contributed by atoms with Crippen LogP contribution in [0.3, 0.4) is 0 Å². The first kappa shape index (κ1) is 17.8. The molecule has 1 amide bonds. The van der Waals surface area contributed by atoms with Crippen molar-refractivity contribution in [1.29, 1.82) is 5.26 Å². The third-order valence-electron chi connectivity index (χ3n) is 1.78. The molecule has 0 heterocycles. The molecule has 5 heteroatoms. The molecule has 0 bridgehead atoms. The number of esters is 1. The van der Waals surface area contributed by atoms with Crippen LogP contribution in [0.25, 0.3) is 0 Å². The summed E-state index contributed by atoms with van der Waals surface area (Å²) in [6, 6.07) is 1.65. The second-order valence-corrected chi connectivity index (χ2v) is 3.26. The van der Waals surface area contributed by atoms with Gasteiger partial charge in [0.15, 0.2) is 0 Å². The summed E-state index contributed by atoms with van der Waals surface area (Å²) in [5.41, 5.74) is 0. The van der Waals surface area contributed by atoms with Gasteiger partial charge in [0, 0.05) is 6.04 Å². The van der Waals surface area contributed by atoms with E-state index in [1.165, 1.54) is 4.90 Å². The number of nitrogens with zero attached hydrogens (tertiary/aromatic N) is 2. The van der Waals surface area contributed by atoms with Crippen molar-refractivity contribution in [3.63, 3.8) is 0 Å². The zero-order valence-electron chi connectivity index (χ0n) is 11.3. The zero-order chi connectivity index (χ0) is 13.8. The van der Waals surface area contributed by atoms with Crippen molar-refractivity contribution in [3.8, 4) is 6.07 Å². The molecular formula is C12H22N2O3. The Morgan fingerprint density at radius 1 is 1.35 bits per heavy atom. The molecule has 0 aromatic heterocycles. The Hall–Kier alpha value is -1.57. The number of carbonyl (C=O) groups excluding carboxylic acids is 2. The fraction of sp³-hybridized carbons (Fsp3) is 0.750. The lowest BCUT2D eigenvalue weighted by molar-refractivity contribution is -0.149. The maximum absolute atomic E-state index is 11.4. The SMILES string of the molecule is CC.CCOC(=O)CN(C(=O)CC#N)C(C)C. The summed E-state index contributed by atoms with van der Waals surface area (Å²) >= 11 is 0. The highest BCUT2D eigenvalue weighted by atomic mass is 16.5. The van der Waals surface area contributed by atoms with Crippen molar-refractivity contribution >= 4 is 11.9 Å². The number of hydrogen-bond acceptors (Lipinski definition) is 4. The lowest BCUT2D eigenvalue weighted by Gasteiger charge is -2.24. The molecule has 0 aliphatic carbocycles. The van der Waals surface area contributed by atoms with Crippen LogP contribution in [0.15, 0.2) is 0 Å². The highest BCUT2D eigenvalue weighted by Crippen LogP contribution is 2.01. The Morgan fingerprint density at radius 2 is 1.88 bits per heavy atom. The first-order chi connectivity index (χ1) is 8.02. The molecule has 98 valence electrons. The van der Waals surface area contributed by atoms with Crippen LogP contribution in [0.1, 0.15) is 41.0 Å². The van der Waals surface area contributed by atoms with E-state index >= 15 is 0 Å². The van der Waals surface area contributed by atoms with E-state index in [1.54, 1.807) is 26.8 Å². The van der Waals surface area contributed by atoms with Gasteiger partial charge in [-0.25, -0.2) is 0 Å². The fourth-order valence-electron chi connectivity index (χ4n) is 1.07. The van der Waals surface area contributed by atoms with Crippen LogP contribution in [0.5, 0.6) is 0 Å². The van der Waals surface area contributed by atoms with Crippen molar-refractivity contribution in [1.82, 2.24) is 4.90 Å². The Morgan fingerprint density at radius 3 is 2.24 bits per heavy atom. The fourth-order valence-corrected chi connectivity index (χ4v) is 1.07. The molecule has 0 saturated carbocycles. The minimum atomic E-state index is -0.447. The molecule has 0 aliphatic heterocycles. The van der Waals surface area contributed by atoms with E-state index in [2.05, 4.69) is 0 Å². The number of hydrogen-bond donors (Lipinski definition) is 0. The molecule has 0 aromatic carbocycles.